The van der Waals surface area contributed by atoms with Crippen molar-refractivity contribution >= 4 is 28.7 Å². The van der Waals surface area contributed by atoms with Crippen LogP contribution in [0.4, 0.5) is 4.79 Å². The maximum atomic E-state index is 13.0. The first kappa shape index (κ1) is 22.7. The fourth-order valence-electron chi connectivity index (χ4n) is 3.96. The molecule has 2 aromatic heterocycles. The lowest BCUT2D eigenvalue weighted by molar-refractivity contribution is 0.203. The lowest BCUT2D eigenvalue weighted by atomic mass is 10.1. The maximum absolute atomic E-state index is 13.0. The molecule has 0 fully saturated rings. The van der Waals surface area contributed by atoms with Crippen molar-refractivity contribution in [2.75, 3.05) is 7.05 Å². The number of halogens is 1. The number of H-pyrrole nitrogens is 1. The second kappa shape index (κ2) is 9.64. The number of hydrogen-bond acceptors (Lipinski definition) is 3. The van der Waals surface area contributed by atoms with Crippen LogP contribution in [0.15, 0.2) is 85.1 Å². The molecule has 5 aromatic rings. The zero-order chi connectivity index (χ0) is 24.4. The van der Waals surface area contributed by atoms with Crippen molar-refractivity contribution in [2.45, 2.75) is 19.5 Å². The largest absolute Gasteiger partial charge is 0.340 e. The van der Waals surface area contributed by atoms with Gasteiger partial charge in [-0.2, -0.15) is 5.10 Å². The van der Waals surface area contributed by atoms with Gasteiger partial charge in [-0.15, -0.1) is 0 Å². The molecule has 5 rings (SSSR count). The van der Waals surface area contributed by atoms with Crippen molar-refractivity contribution in [1.29, 1.82) is 0 Å². The molecule has 0 spiro atoms. The fraction of sp³-hybridized carbons (Fsp3) is 0.148. The molecule has 2 N–H and O–H groups in total. The van der Waals surface area contributed by atoms with Crippen LogP contribution in [0.5, 0.6) is 0 Å². The van der Waals surface area contributed by atoms with Crippen LogP contribution in [-0.2, 0) is 6.54 Å². The normalized spacial score (nSPS) is 12.0. The summed E-state index contributed by atoms with van der Waals surface area (Å²) in [6.45, 7) is 2.29. The van der Waals surface area contributed by atoms with Gasteiger partial charge in [-0.25, -0.2) is 14.5 Å². The van der Waals surface area contributed by atoms with Crippen LogP contribution in [-0.4, -0.2) is 37.7 Å². The van der Waals surface area contributed by atoms with Crippen molar-refractivity contribution in [3.05, 3.63) is 101 Å². The molecule has 0 saturated carbocycles. The van der Waals surface area contributed by atoms with Gasteiger partial charge in [0.05, 0.1) is 35.0 Å². The Morgan fingerprint density at radius 1 is 1.06 bits per heavy atom. The molecule has 35 heavy (non-hydrogen) atoms. The van der Waals surface area contributed by atoms with E-state index in [2.05, 4.69) is 15.3 Å². The number of rotatable bonds is 6. The highest BCUT2D eigenvalue weighted by molar-refractivity contribution is 6.30. The van der Waals surface area contributed by atoms with E-state index in [9.17, 15) is 4.79 Å². The number of carbonyl (C=O) groups is 1. The zero-order valence-corrected chi connectivity index (χ0v) is 20.2. The highest BCUT2D eigenvalue weighted by Gasteiger charge is 2.19. The Kier molecular flexibility index (Phi) is 6.25. The number of urea groups is 1. The third-order valence-electron chi connectivity index (χ3n) is 5.84. The molecule has 0 radical (unpaired) electrons. The number of fused-ring (bicyclic) bond motifs is 1. The molecule has 0 aliphatic rings. The number of carbonyl (C=O) groups excluding carboxylic acids is 1. The molecule has 2 amide bonds. The Hall–Kier alpha value is -4.10. The number of hydrogen-bond donors (Lipinski definition) is 2. The second-order valence-electron chi connectivity index (χ2n) is 8.46. The number of benzene rings is 3. The number of nitrogens with one attached hydrogen (secondary N) is 2. The number of aromatic nitrogens is 4. The third kappa shape index (κ3) is 4.90. The monoisotopic (exact) mass is 484 g/mol. The van der Waals surface area contributed by atoms with Gasteiger partial charge in [-0.05, 0) is 43.3 Å². The first-order chi connectivity index (χ1) is 17.0. The highest BCUT2D eigenvalue weighted by Crippen LogP contribution is 2.26. The summed E-state index contributed by atoms with van der Waals surface area (Å²) in [4.78, 5) is 22.6. The number of nitrogens with zero attached hydrogens (tertiary/aromatic N) is 4. The van der Waals surface area contributed by atoms with E-state index in [-0.39, 0.29) is 12.1 Å². The average molecular weight is 485 g/mol. The van der Waals surface area contributed by atoms with Crippen LogP contribution in [0.2, 0.25) is 5.02 Å². The molecule has 3 aromatic carbocycles. The standard InChI is InChI=1S/C27H25ClN6O/c1-18(26-30-23-10-6-7-11-24(23)31-26)29-27(35)33(2)16-20-17-34(22-8-4-3-5-9-22)32-25(20)19-12-14-21(28)15-13-19/h3-15,17-18H,16H2,1-2H3,(H,29,35)(H,30,31)/t18-/m0/s1. The molecule has 176 valence electrons. The van der Waals surface area contributed by atoms with Gasteiger partial charge in [0.25, 0.3) is 0 Å². The van der Waals surface area contributed by atoms with Gasteiger partial charge in [0.2, 0.25) is 0 Å². The Labute approximate surface area is 208 Å². The molecular formula is C27H25ClN6O. The van der Waals surface area contributed by atoms with Gasteiger partial charge in [-0.1, -0.05) is 54.1 Å². The number of aromatic amines is 1. The van der Waals surface area contributed by atoms with E-state index in [0.717, 1.165) is 33.5 Å². The Morgan fingerprint density at radius 3 is 2.51 bits per heavy atom. The highest BCUT2D eigenvalue weighted by atomic mass is 35.5. The van der Waals surface area contributed by atoms with Crippen LogP contribution < -0.4 is 5.32 Å². The molecule has 7 nitrogen and oxygen atoms in total. The van der Waals surface area contributed by atoms with Crippen molar-refractivity contribution in [3.8, 4) is 16.9 Å². The fourth-order valence-corrected chi connectivity index (χ4v) is 4.08. The van der Waals surface area contributed by atoms with Crippen LogP contribution in [0.25, 0.3) is 28.0 Å². The zero-order valence-electron chi connectivity index (χ0n) is 19.4. The molecule has 1 atom stereocenters. The average Bonchev–Trinajstić information content (AvgIpc) is 3.50. The van der Waals surface area contributed by atoms with E-state index < -0.39 is 0 Å². The first-order valence-corrected chi connectivity index (χ1v) is 11.7. The van der Waals surface area contributed by atoms with E-state index in [4.69, 9.17) is 16.7 Å². The van der Waals surface area contributed by atoms with E-state index in [1.165, 1.54) is 0 Å². The van der Waals surface area contributed by atoms with E-state index in [0.29, 0.717) is 17.4 Å². The van der Waals surface area contributed by atoms with Gasteiger partial charge in [-0.3, -0.25) is 0 Å². The number of amides is 2. The molecular weight excluding hydrogens is 460 g/mol. The first-order valence-electron chi connectivity index (χ1n) is 11.3. The minimum absolute atomic E-state index is 0.201. The summed E-state index contributed by atoms with van der Waals surface area (Å²) >= 11 is 6.10. The Balaban J connectivity index is 1.37. The van der Waals surface area contributed by atoms with Crippen LogP contribution in [0.1, 0.15) is 24.4 Å². The minimum Gasteiger partial charge on any atom is -0.340 e. The maximum Gasteiger partial charge on any atom is 0.318 e. The van der Waals surface area contributed by atoms with Gasteiger partial charge < -0.3 is 15.2 Å². The lowest BCUT2D eigenvalue weighted by Crippen LogP contribution is -2.38. The summed E-state index contributed by atoms with van der Waals surface area (Å²) in [5.41, 5.74) is 5.42. The molecule has 8 heteroatoms. The van der Waals surface area contributed by atoms with Crippen LogP contribution in [0.3, 0.4) is 0 Å². The quantitative estimate of drug-likeness (QED) is 0.311. The molecule has 2 heterocycles. The molecule has 0 bridgehead atoms. The smallest absolute Gasteiger partial charge is 0.318 e. The van der Waals surface area contributed by atoms with Crippen molar-refractivity contribution < 1.29 is 4.79 Å². The van der Waals surface area contributed by atoms with E-state index >= 15 is 0 Å². The van der Waals surface area contributed by atoms with E-state index in [1.807, 2.05) is 96.7 Å². The van der Waals surface area contributed by atoms with Crippen molar-refractivity contribution in [2.24, 2.45) is 0 Å². The van der Waals surface area contributed by atoms with Crippen LogP contribution >= 0.6 is 11.6 Å². The van der Waals surface area contributed by atoms with Crippen molar-refractivity contribution in [3.63, 3.8) is 0 Å². The van der Waals surface area contributed by atoms with Gasteiger partial charge in [0.15, 0.2) is 0 Å². The summed E-state index contributed by atoms with van der Waals surface area (Å²) in [6, 6.07) is 24.8. The molecule has 0 aliphatic carbocycles. The van der Waals surface area contributed by atoms with E-state index in [1.54, 1.807) is 11.9 Å². The summed E-state index contributed by atoms with van der Waals surface area (Å²) in [5, 5.41) is 8.52. The Morgan fingerprint density at radius 2 is 1.77 bits per heavy atom. The summed E-state index contributed by atoms with van der Waals surface area (Å²) in [7, 11) is 1.77. The minimum atomic E-state index is -0.278. The third-order valence-corrected chi connectivity index (χ3v) is 6.09. The summed E-state index contributed by atoms with van der Waals surface area (Å²) in [5.74, 6) is 0.715. The second-order valence-corrected chi connectivity index (χ2v) is 8.89. The predicted molar refractivity (Wildman–Crippen MR) is 139 cm³/mol. The van der Waals surface area contributed by atoms with Gasteiger partial charge in [0.1, 0.15) is 5.82 Å². The number of para-hydroxylation sites is 3. The van der Waals surface area contributed by atoms with Gasteiger partial charge >= 0.3 is 6.03 Å². The number of imidazole rings is 1. The topological polar surface area (TPSA) is 78.8 Å². The van der Waals surface area contributed by atoms with Gasteiger partial charge in [0, 0.05) is 29.4 Å². The SMILES string of the molecule is C[C@H](NC(=O)N(C)Cc1cn(-c2ccccc2)nc1-c1ccc(Cl)cc1)c1nc2ccccc2[nH]1. The molecule has 0 unspecified atom stereocenters. The summed E-state index contributed by atoms with van der Waals surface area (Å²) in [6.07, 6.45) is 1.96. The summed E-state index contributed by atoms with van der Waals surface area (Å²) < 4.78 is 1.84. The Bertz CT molecular complexity index is 1430. The molecule has 0 saturated heterocycles. The van der Waals surface area contributed by atoms with Crippen LogP contribution in [0, 0.1) is 0 Å². The predicted octanol–water partition coefficient (Wildman–Crippen LogP) is 5.97. The van der Waals surface area contributed by atoms with Crippen molar-refractivity contribution in [1.82, 2.24) is 30.0 Å². The lowest BCUT2D eigenvalue weighted by Gasteiger charge is -2.20. The molecule has 0 aliphatic heterocycles.